The van der Waals surface area contributed by atoms with Gasteiger partial charge in [-0.15, -0.1) is 0 Å². The monoisotopic (exact) mass is 323 g/mol. The number of halogens is 1. The highest BCUT2D eigenvalue weighted by Crippen LogP contribution is 2.23. The van der Waals surface area contributed by atoms with Crippen LogP contribution in [0.15, 0.2) is 47.4 Å². The Bertz CT molecular complexity index is 818. The molecule has 1 N–H and O–H groups in total. The summed E-state index contributed by atoms with van der Waals surface area (Å²) in [5, 5.41) is 0. The standard InChI is InChI=1S/C15H14FNO4S/c1-10(18)11-4-3-5-12(8-11)17-22(19,20)13-6-7-15(21-2)14(16)9-13/h3-9,17H,1-2H3. The number of ketones is 1. The van der Waals surface area contributed by atoms with E-state index in [2.05, 4.69) is 4.72 Å². The molecule has 0 fully saturated rings. The van der Waals surface area contributed by atoms with Gasteiger partial charge in [0.2, 0.25) is 0 Å². The molecule has 0 saturated heterocycles. The SMILES string of the molecule is COc1ccc(S(=O)(=O)Nc2cccc(C(C)=O)c2)cc1F. The largest absolute Gasteiger partial charge is 0.494 e. The fourth-order valence-electron chi connectivity index (χ4n) is 1.83. The number of rotatable bonds is 5. The normalized spacial score (nSPS) is 11.0. The molecule has 0 aromatic heterocycles. The third-order valence-electron chi connectivity index (χ3n) is 2.95. The second-order valence-corrected chi connectivity index (χ2v) is 6.22. The first-order valence-electron chi connectivity index (χ1n) is 6.31. The summed E-state index contributed by atoms with van der Waals surface area (Å²) < 4.78 is 45.1. The van der Waals surface area contributed by atoms with Gasteiger partial charge >= 0.3 is 0 Å². The predicted molar refractivity (Wildman–Crippen MR) is 80.2 cm³/mol. The number of Topliss-reactive ketones (excluding diaryl/α,β-unsaturated/α-hetero) is 1. The number of nitrogens with one attached hydrogen (secondary N) is 1. The van der Waals surface area contributed by atoms with E-state index in [1.807, 2.05) is 0 Å². The molecule has 2 aromatic rings. The summed E-state index contributed by atoms with van der Waals surface area (Å²) in [7, 11) is -2.67. The molecule has 5 nitrogen and oxygen atoms in total. The quantitative estimate of drug-likeness (QED) is 0.859. The number of sulfonamides is 1. The van der Waals surface area contributed by atoms with Gasteiger partial charge in [-0.25, -0.2) is 12.8 Å². The molecule has 0 radical (unpaired) electrons. The van der Waals surface area contributed by atoms with Gasteiger partial charge in [0.1, 0.15) is 0 Å². The van der Waals surface area contributed by atoms with Crippen molar-refractivity contribution in [3.63, 3.8) is 0 Å². The average Bonchev–Trinajstić information content (AvgIpc) is 2.47. The van der Waals surface area contributed by atoms with Gasteiger partial charge in [0.05, 0.1) is 12.0 Å². The van der Waals surface area contributed by atoms with Gasteiger partial charge in [-0.2, -0.15) is 0 Å². The third-order valence-corrected chi connectivity index (χ3v) is 4.33. The molecule has 0 unspecified atom stereocenters. The number of carbonyl (C=O) groups is 1. The molecule has 0 aliphatic heterocycles. The van der Waals surface area contributed by atoms with E-state index in [0.29, 0.717) is 5.56 Å². The molecule has 2 aromatic carbocycles. The van der Waals surface area contributed by atoms with Crippen LogP contribution in [0.5, 0.6) is 5.75 Å². The molecule has 0 saturated carbocycles. The van der Waals surface area contributed by atoms with Gasteiger partial charge in [0.15, 0.2) is 17.3 Å². The van der Waals surface area contributed by atoms with E-state index in [1.54, 1.807) is 12.1 Å². The highest BCUT2D eigenvalue weighted by atomic mass is 32.2. The minimum Gasteiger partial charge on any atom is -0.494 e. The van der Waals surface area contributed by atoms with Crippen LogP contribution in [0.25, 0.3) is 0 Å². The lowest BCUT2D eigenvalue weighted by Gasteiger charge is -2.10. The predicted octanol–water partition coefficient (Wildman–Crippen LogP) is 2.84. The molecular formula is C15H14FNO4S. The minimum absolute atomic E-state index is 0.0440. The van der Waals surface area contributed by atoms with Crippen molar-refractivity contribution in [1.29, 1.82) is 0 Å². The van der Waals surface area contributed by atoms with E-state index in [4.69, 9.17) is 4.74 Å². The Hall–Kier alpha value is -2.41. The third kappa shape index (κ3) is 3.43. The molecule has 0 aliphatic carbocycles. The Morgan fingerprint density at radius 1 is 1.18 bits per heavy atom. The van der Waals surface area contributed by atoms with E-state index < -0.39 is 15.8 Å². The lowest BCUT2D eigenvalue weighted by molar-refractivity contribution is 0.101. The lowest BCUT2D eigenvalue weighted by Crippen LogP contribution is -2.13. The molecule has 0 spiro atoms. The smallest absolute Gasteiger partial charge is 0.262 e. The van der Waals surface area contributed by atoms with E-state index in [0.717, 1.165) is 6.07 Å². The number of anilines is 1. The highest BCUT2D eigenvalue weighted by molar-refractivity contribution is 7.92. The highest BCUT2D eigenvalue weighted by Gasteiger charge is 2.17. The number of ether oxygens (including phenoxy) is 1. The number of carbonyl (C=O) groups excluding carboxylic acids is 1. The van der Waals surface area contributed by atoms with Crippen LogP contribution < -0.4 is 9.46 Å². The molecule has 0 bridgehead atoms. The van der Waals surface area contributed by atoms with Gasteiger partial charge in [0, 0.05) is 11.3 Å². The van der Waals surface area contributed by atoms with Crippen molar-refractivity contribution in [1.82, 2.24) is 0 Å². The number of benzene rings is 2. The van der Waals surface area contributed by atoms with Crippen LogP contribution in [0.4, 0.5) is 10.1 Å². The van der Waals surface area contributed by atoms with Gasteiger partial charge < -0.3 is 4.74 Å². The van der Waals surface area contributed by atoms with Crippen molar-refractivity contribution >= 4 is 21.5 Å². The first-order valence-corrected chi connectivity index (χ1v) is 7.79. The van der Waals surface area contributed by atoms with Crippen LogP contribution in [0, 0.1) is 5.82 Å². The Labute approximate surface area is 127 Å². The van der Waals surface area contributed by atoms with Crippen molar-refractivity contribution in [3.05, 3.63) is 53.8 Å². The van der Waals surface area contributed by atoms with Crippen LogP contribution in [-0.2, 0) is 10.0 Å². The van der Waals surface area contributed by atoms with Crippen LogP contribution in [0.2, 0.25) is 0 Å². The van der Waals surface area contributed by atoms with Gasteiger partial charge in [-0.05, 0) is 37.3 Å². The zero-order valence-corrected chi connectivity index (χ0v) is 12.8. The first-order chi connectivity index (χ1) is 10.3. The topological polar surface area (TPSA) is 72.5 Å². The van der Waals surface area contributed by atoms with Crippen molar-refractivity contribution in [3.8, 4) is 5.75 Å². The zero-order valence-electron chi connectivity index (χ0n) is 12.0. The second-order valence-electron chi connectivity index (χ2n) is 4.54. The summed E-state index contributed by atoms with van der Waals surface area (Å²) in [6.45, 7) is 1.38. The maximum absolute atomic E-state index is 13.6. The fraction of sp³-hybridized carbons (Fsp3) is 0.133. The van der Waals surface area contributed by atoms with E-state index in [9.17, 15) is 17.6 Å². The maximum atomic E-state index is 13.6. The van der Waals surface area contributed by atoms with Crippen molar-refractivity contribution in [2.24, 2.45) is 0 Å². The zero-order chi connectivity index (χ0) is 16.3. The molecule has 116 valence electrons. The summed E-state index contributed by atoms with van der Waals surface area (Å²) >= 11 is 0. The lowest BCUT2D eigenvalue weighted by atomic mass is 10.1. The summed E-state index contributed by atoms with van der Waals surface area (Å²) in [4.78, 5) is 11.1. The average molecular weight is 323 g/mol. The van der Waals surface area contributed by atoms with E-state index >= 15 is 0 Å². The Morgan fingerprint density at radius 3 is 2.50 bits per heavy atom. The summed E-state index contributed by atoms with van der Waals surface area (Å²) in [6, 6.07) is 9.39. The first kappa shape index (κ1) is 16.0. The van der Waals surface area contributed by atoms with Crippen molar-refractivity contribution in [2.45, 2.75) is 11.8 Å². The molecule has 7 heteroatoms. The summed E-state index contributed by atoms with van der Waals surface area (Å²) in [5.41, 5.74) is 0.602. The molecular weight excluding hydrogens is 309 g/mol. The van der Waals surface area contributed by atoms with Crippen molar-refractivity contribution in [2.75, 3.05) is 11.8 Å². The maximum Gasteiger partial charge on any atom is 0.262 e. The van der Waals surface area contributed by atoms with E-state index in [1.165, 1.54) is 38.3 Å². The van der Waals surface area contributed by atoms with Crippen molar-refractivity contribution < 1.29 is 22.3 Å². The Kier molecular flexibility index (Phi) is 4.46. The minimum atomic E-state index is -3.96. The van der Waals surface area contributed by atoms with E-state index in [-0.39, 0.29) is 22.1 Å². The Morgan fingerprint density at radius 2 is 1.91 bits per heavy atom. The van der Waals surface area contributed by atoms with Crippen LogP contribution in [0.3, 0.4) is 0 Å². The number of methoxy groups -OCH3 is 1. The van der Waals surface area contributed by atoms with Crippen LogP contribution >= 0.6 is 0 Å². The van der Waals surface area contributed by atoms with Gasteiger partial charge in [-0.1, -0.05) is 12.1 Å². The molecule has 0 aliphatic rings. The van der Waals surface area contributed by atoms with Gasteiger partial charge in [0.25, 0.3) is 10.0 Å². The molecule has 22 heavy (non-hydrogen) atoms. The molecule has 0 heterocycles. The number of hydrogen-bond donors (Lipinski definition) is 1. The summed E-state index contributed by atoms with van der Waals surface area (Å²) in [6.07, 6.45) is 0. The molecule has 0 atom stereocenters. The Balaban J connectivity index is 2.33. The second kappa shape index (κ2) is 6.15. The molecule has 2 rings (SSSR count). The summed E-state index contributed by atoms with van der Waals surface area (Å²) in [5.74, 6) is -1.00. The molecule has 0 amide bonds. The number of hydrogen-bond acceptors (Lipinski definition) is 4. The van der Waals surface area contributed by atoms with Crippen LogP contribution in [-0.4, -0.2) is 21.3 Å². The van der Waals surface area contributed by atoms with Gasteiger partial charge in [-0.3, -0.25) is 9.52 Å². The fourth-order valence-corrected chi connectivity index (χ4v) is 2.89. The van der Waals surface area contributed by atoms with Crippen LogP contribution in [0.1, 0.15) is 17.3 Å².